The Labute approximate surface area is 306 Å². The molecule has 0 saturated carbocycles. The van der Waals surface area contributed by atoms with Crippen LogP contribution in [-0.2, 0) is 18.6 Å². The van der Waals surface area contributed by atoms with Gasteiger partial charge in [-0.25, -0.2) is 0 Å². The summed E-state index contributed by atoms with van der Waals surface area (Å²) in [4.78, 5) is 0. The molecule has 6 nitrogen and oxygen atoms in total. The Bertz CT molecular complexity index is 1470. The van der Waals surface area contributed by atoms with Gasteiger partial charge in [-0.3, -0.25) is 0 Å². The van der Waals surface area contributed by atoms with Gasteiger partial charge in [-0.05, 0) is 91.7 Å². The van der Waals surface area contributed by atoms with Crippen LogP contribution in [0.4, 0.5) is 0 Å². The van der Waals surface area contributed by atoms with E-state index in [-0.39, 0.29) is 5.60 Å². The number of fused-ring (bicyclic) bond motifs is 3. The van der Waals surface area contributed by atoms with E-state index < -0.39 is 25.4 Å². The van der Waals surface area contributed by atoms with Gasteiger partial charge in [0.1, 0.15) is 0 Å². The fraction of sp³-hybridized carbons (Fsp3) is 0.744. The number of thiophene rings is 2. The third-order valence-corrected chi connectivity index (χ3v) is 13.2. The lowest BCUT2D eigenvalue weighted by atomic mass is 9.84. The molecule has 2 atom stereocenters. The van der Waals surface area contributed by atoms with E-state index in [0.717, 1.165) is 63.9 Å². The molecule has 3 heterocycles. The zero-order valence-electron chi connectivity index (χ0n) is 32.7. The molecule has 0 aliphatic carbocycles. The van der Waals surface area contributed by atoms with Gasteiger partial charge in [-0.2, -0.15) is 0 Å². The molecule has 0 spiro atoms. The van der Waals surface area contributed by atoms with Crippen molar-refractivity contribution in [2.24, 2.45) is 11.8 Å². The minimum Gasteiger partial charge on any atom is -0.489 e. The number of ether oxygens (including phenoxy) is 2. The summed E-state index contributed by atoms with van der Waals surface area (Å²) in [6.07, 6.45) is 10.2. The molecule has 1 aliphatic heterocycles. The average Bonchev–Trinajstić information content (AvgIpc) is 3.75. The predicted octanol–water partition coefficient (Wildman–Crippen LogP) is 10.5. The number of hydrogen-bond acceptors (Lipinski definition) is 8. The quantitative estimate of drug-likeness (QED) is 0.102. The number of benzene rings is 1. The third-order valence-electron chi connectivity index (χ3n) is 10.7. The van der Waals surface area contributed by atoms with E-state index in [2.05, 4.69) is 88.3 Å². The summed E-state index contributed by atoms with van der Waals surface area (Å²) in [6, 6.07) is 4.48. The van der Waals surface area contributed by atoms with Crippen LogP contribution in [0.5, 0.6) is 11.5 Å². The molecule has 3 aromatic rings. The van der Waals surface area contributed by atoms with Gasteiger partial charge in [0.25, 0.3) is 0 Å². The second-order valence-corrected chi connectivity index (χ2v) is 17.7. The topological polar surface area (TPSA) is 55.4 Å². The Morgan fingerprint density at radius 3 is 1.76 bits per heavy atom. The van der Waals surface area contributed by atoms with E-state index in [1.807, 2.05) is 6.92 Å². The van der Waals surface area contributed by atoms with E-state index in [9.17, 15) is 0 Å². The Kier molecular flexibility index (Phi) is 14.4. The molecule has 1 aromatic carbocycles. The average molecular weight is 715 g/mol. The maximum atomic E-state index is 6.97. The molecule has 1 aliphatic rings. The largest absolute Gasteiger partial charge is 0.505 e. The first-order valence-corrected chi connectivity index (χ1v) is 20.8. The molecule has 0 bridgehead atoms. The van der Waals surface area contributed by atoms with Gasteiger partial charge >= 0.3 is 14.2 Å². The van der Waals surface area contributed by atoms with Crippen molar-refractivity contribution in [3.05, 3.63) is 12.1 Å². The first-order chi connectivity index (χ1) is 23.2. The van der Waals surface area contributed by atoms with E-state index in [1.165, 1.54) is 35.1 Å². The highest BCUT2D eigenvalue weighted by Gasteiger charge is 2.52. The van der Waals surface area contributed by atoms with Gasteiger partial charge in [0.15, 0.2) is 11.5 Å². The maximum Gasteiger partial charge on any atom is 0.505 e. The van der Waals surface area contributed by atoms with E-state index in [4.69, 9.17) is 28.1 Å². The summed E-state index contributed by atoms with van der Waals surface area (Å²) in [7, 11) is -0.927. The van der Waals surface area contributed by atoms with Crippen molar-refractivity contribution < 1.29 is 28.1 Å². The highest BCUT2D eigenvalue weighted by Crippen LogP contribution is 2.48. The summed E-state index contributed by atoms with van der Waals surface area (Å²) >= 11 is 3.48. The summed E-state index contributed by atoms with van der Waals surface area (Å²) in [5, 5.41) is 2.14. The van der Waals surface area contributed by atoms with E-state index >= 15 is 0 Å². The Hall–Kier alpha value is -1.29. The maximum absolute atomic E-state index is 6.97. The zero-order chi connectivity index (χ0) is 36.0. The first-order valence-electron chi connectivity index (χ1n) is 19.2. The zero-order valence-corrected chi connectivity index (χ0v) is 34.3. The highest BCUT2D eigenvalue weighted by molar-refractivity contribution is 7.35. The van der Waals surface area contributed by atoms with Crippen molar-refractivity contribution in [3.8, 4) is 11.5 Å². The number of hydrogen-bond donors (Lipinski definition) is 0. The molecular weight excluding hydrogens is 650 g/mol. The van der Waals surface area contributed by atoms with Crippen LogP contribution in [0.15, 0.2) is 12.1 Å². The fourth-order valence-corrected chi connectivity index (χ4v) is 8.52. The number of unbranched alkanes of at least 4 members (excludes halogenated alkanes) is 2. The Morgan fingerprint density at radius 1 is 0.776 bits per heavy atom. The Morgan fingerprint density at radius 2 is 1.29 bits per heavy atom. The molecule has 0 radical (unpaired) electrons. The molecule has 1 saturated heterocycles. The first kappa shape index (κ1) is 40.5. The molecule has 274 valence electrons. The van der Waals surface area contributed by atoms with Crippen LogP contribution in [0.2, 0.25) is 0 Å². The van der Waals surface area contributed by atoms with Crippen LogP contribution >= 0.6 is 22.7 Å². The second-order valence-electron chi connectivity index (χ2n) is 15.5. The lowest BCUT2D eigenvalue weighted by Gasteiger charge is -2.32. The van der Waals surface area contributed by atoms with Gasteiger partial charge in [0.05, 0.1) is 33.8 Å². The van der Waals surface area contributed by atoms with Crippen molar-refractivity contribution in [3.63, 3.8) is 0 Å². The third kappa shape index (κ3) is 9.58. The molecule has 2 aromatic heterocycles. The molecule has 1 fully saturated rings. The van der Waals surface area contributed by atoms with Crippen molar-refractivity contribution in [2.75, 3.05) is 19.8 Å². The minimum atomic E-state index is -0.474. The smallest absolute Gasteiger partial charge is 0.489 e. The predicted molar refractivity (Wildman–Crippen MR) is 213 cm³/mol. The normalized spacial score (nSPS) is 17.3. The molecule has 49 heavy (non-hydrogen) atoms. The van der Waals surface area contributed by atoms with Crippen LogP contribution in [-0.4, -0.2) is 50.9 Å². The molecule has 0 amide bonds. The number of rotatable bonds is 21. The van der Waals surface area contributed by atoms with Gasteiger partial charge in [-0.1, -0.05) is 73.1 Å². The summed E-state index contributed by atoms with van der Waals surface area (Å²) in [5.74, 6) is 2.65. The SMILES string of the molecule is CCCCC(CC)COc1c(OCC(CC)CCCC)c2cc(B3OC(C)(C)C(C)(C)O3)sc2c2sc(B(OCC)OC(C)(C)CC)cc12. The molecule has 10 heteroatoms. The van der Waals surface area contributed by atoms with Crippen LogP contribution in [0.25, 0.3) is 20.2 Å². The van der Waals surface area contributed by atoms with E-state index in [1.54, 1.807) is 22.7 Å². The molecular formula is C39H64B2O6S2. The monoisotopic (exact) mass is 714 g/mol. The minimum absolute atomic E-state index is 0.326. The molecule has 4 rings (SSSR count). The highest BCUT2D eigenvalue weighted by atomic mass is 32.1. The van der Waals surface area contributed by atoms with Crippen molar-refractivity contribution in [1.29, 1.82) is 0 Å². The molecule has 2 unspecified atom stereocenters. The summed E-state index contributed by atoms with van der Waals surface area (Å²) < 4.78 is 44.4. The van der Waals surface area contributed by atoms with Crippen LogP contribution in [0.1, 0.15) is 141 Å². The van der Waals surface area contributed by atoms with Gasteiger partial charge in [-0.15, -0.1) is 22.7 Å². The Balaban J connectivity index is 1.93. The second kappa shape index (κ2) is 17.5. The lowest BCUT2D eigenvalue weighted by molar-refractivity contribution is 0.00578. The van der Waals surface area contributed by atoms with Crippen molar-refractivity contribution in [1.82, 2.24) is 0 Å². The van der Waals surface area contributed by atoms with Crippen LogP contribution < -0.4 is 19.0 Å². The molecule has 0 N–H and O–H groups in total. The lowest BCUT2D eigenvalue weighted by Crippen LogP contribution is -2.42. The van der Waals surface area contributed by atoms with Gasteiger partial charge in [0.2, 0.25) is 0 Å². The van der Waals surface area contributed by atoms with Gasteiger partial charge < -0.3 is 28.1 Å². The van der Waals surface area contributed by atoms with Crippen LogP contribution in [0, 0.1) is 11.8 Å². The van der Waals surface area contributed by atoms with Gasteiger partial charge in [0, 0.05) is 32.5 Å². The summed E-state index contributed by atoms with van der Waals surface area (Å²) in [6.45, 7) is 27.8. The van der Waals surface area contributed by atoms with Crippen molar-refractivity contribution in [2.45, 2.75) is 158 Å². The standard InChI is InChI=1S/C39H64B2O6S2/c1-13-19-21-27(15-3)25-42-33-29-23-31(40(44-18-6)45-37(7,8)17-5)48-35(29)36-30(34(33)43-26-28(16-4)22-20-14-2)24-32(49-36)41-46-38(9,10)39(11,12)47-41/h23-24,27-28H,13-22,25-26H2,1-12H3. The summed E-state index contributed by atoms with van der Waals surface area (Å²) in [5.41, 5.74) is -1.18. The fourth-order valence-electron chi connectivity index (χ4n) is 6.11. The van der Waals surface area contributed by atoms with E-state index in [0.29, 0.717) is 31.7 Å². The van der Waals surface area contributed by atoms with Crippen molar-refractivity contribution >= 4 is 66.6 Å². The van der Waals surface area contributed by atoms with Crippen LogP contribution in [0.3, 0.4) is 0 Å².